The Hall–Kier alpha value is -2.04. The van der Waals surface area contributed by atoms with Crippen molar-refractivity contribution >= 4 is 17.3 Å². The predicted octanol–water partition coefficient (Wildman–Crippen LogP) is 2.40. The molecule has 0 radical (unpaired) electrons. The van der Waals surface area contributed by atoms with Crippen LogP contribution >= 0.6 is 0 Å². The summed E-state index contributed by atoms with van der Waals surface area (Å²) < 4.78 is 1.92. The highest BCUT2D eigenvalue weighted by molar-refractivity contribution is 5.94. The third-order valence-electron chi connectivity index (χ3n) is 2.97. The number of imidazole rings is 1. The van der Waals surface area contributed by atoms with E-state index in [9.17, 15) is 9.90 Å². The summed E-state index contributed by atoms with van der Waals surface area (Å²) in [4.78, 5) is 17.6. The van der Waals surface area contributed by atoms with Crippen LogP contribution in [-0.4, -0.2) is 34.6 Å². The monoisotopic (exact) mass is 261 g/mol. The Morgan fingerprint density at radius 1 is 1.32 bits per heavy atom. The highest BCUT2D eigenvalue weighted by Gasteiger charge is 2.26. The van der Waals surface area contributed by atoms with E-state index in [1.807, 2.05) is 56.3 Å². The Kier molecular flexibility index (Phi) is 3.00. The molecule has 0 unspecified atom stereocenters. The van der Waals surface area contributed by atoms with Crippen LogP contribution in [-0.2, 0) is 5.41 Å². The van der Waals surface area contributed by atoms with E-state index in [1.165, 1.54) is 0 Å². The van der Waals surface area contributed by atoms with E-state index in [4.69, 9.17) is 0 Å². The maximum absolute atomic E-state index is 11.3. The number of anilines is 1. The molecule has 0 fully saturated rings. The molecular formula is C14H19N3O2. The predicted molar refractivity (Wildman–Crippen MR) is 75.2 cm³/mol. The maximum atomic E-state index is 11.3. The minimum absolute atomic E-state index is 0.105. The van der Waals surface area contributed by atoms with Gasteiger partial charge in [-0.05, 0) is 12.1 Å². The van der Waals surface area contributed by atoms with Crippen molar-refractivity contribution in [3.63, 3.8) is 0 Å². The molecule has 0 amide bonds. The summed E-state index contributed by atoms with van der Waals surface area (Å²) in [5.74, 6) is 0.676. The summed E-state index contributed by atoms with van der Waals surface area (Å²) in [5.41, 5.74) is 0.500. The number of carboxylic acids is 1. The average Bonchev–Trinajstić information content (AvgIpc) is 2.67. The van der Waals surface area contributed by atoms with Gasteiger partial charge in [-0.15, -0.1) is 0 Å². The van der Waals surface area contributed by atoms with Crippen LogP contribution in [0.1, 0.15) is 37.1 Å². The lowest BCUT2D eigenvalue weighted by atomic mass is 9.96. The van der Waals surface area contributed by atoms with Crippen molar-refractivity contribution in [1.29, 1.82) is 0 Å². The number of rotatable bonds is 2. The summed E-state index contributed by atoms with van der Waals surface area (Å²) in [6.45, 7) is 6.08. The zero-order valence-electron chi connectivity index (χ0n) is 11.9. The second kappa shape index (κ2) is 4.26. The fraction of sp³-hybridized carbons (Fsp3) is 0.429. The number of aromatic nitrogens is 2. The van der Waals surface area contributed by atoms with Crippen LogP contribution in [0.4, 0.5) is 5.82 Å². The Labute approximate surface area is 112 Å². The van der Waals surface area contributed by atoms with E-state index >= 15 is 0 Å². The van der Waals surface area contributed by atoms with Crippen molar-refractivity contribution in [2.24, 2.45) is 0 Å². The zero-order chi connectivity index (χ0) is 14.4. The standard InChI is InChI=1S/C14H19N3O2/c1-14(2,3)13-15-11(12(18)19)9-7-6-8-10(16(4)5)17(9)13/h6-8H,1-5H3,(H,18,19). The van der Waals surface area contributed by atoms with Gasteiger partial charge in [0.15, 0.2) is 5.69 Å². The number of hydrogen-bond acceptors (Lipinski definition) is 3. The molecule has 1 N–H and O–H groups in total. The first-order chi connectivity index (χ1) is 8.73. The normalized spacial score (nSPS) is 11.8. The minimum Gasteiger partial charge on any atom is -0.476 e. The van der Waals surface area contributed by atoms with Crippen LogP contribution in [0.5, 0.6) is 0 Å². The van der Waals surface area contributed by atoms with Gasteiger partial charge < -0.3 is 10.0 Å². The Bertz CT molecular complexity index is 636. The lowest BCUT2D eigenvalue weighted by Crippen LogP contribution is -2.20. The van der Waals surface area contributed by atoms with Crippen molar-refractivity contribution in [3.8, 4) is 0 Å². The van der Waals surface area contributed by atoms with Gasteiger partial charge in [0.1, 0.15) is 11.6 Å². The first-order valence-electron chi connectivity index (χ1n) is 6.16. The molecule has 0 aliphatic rings. The molecule has 5 heteroatoms. The van der Waals surface area contributed by atoms with Gasteiger partial charge in [-0.25, -0.2) is 9.78 Å². The molecule has 0 atom stereocenters. The van der Waals surface area contributed by atoms with Gasteiger partial charge >= 0.3 is 5.97 Å². The topological polar surface area (TPSA) is 57.8 Å². The molecule has 19 heavy (non-hydrogen) atoms. The van der Waals surface area contributed by atoms with Crippen LogP contribution in [0, 0.1) is 0 Å². The largest absolute Gasteiger partial charge is 0.476 e. The van der Waals surface area contributed by atoms with Crippen molar-refractivity contribution < 1.29 is 9.90 Å². The lowest BCUT2D eigenvalue weighted by molar-refractivity contribution is 0.0693. The van der Waals surface area contributed by atoms with Gasteiger partial charge in [-0.1, -0.05) is 26.8 Å². The van der Waals surface area contributed by atoms with E-state index in [-0.39, 0.29) is 11.1 Å². The first-order valence-corrected chi connectivity index (χ1v) is 6.16. The number of fused-ring (bicyclic) bond motifs is 1. The van der Waals surface area contributed by atoms with Gasteiger partial charge in [0.05, 0.1) is 5.52 Å². The third-order valence-corrected chi connectivity index (χ3v) is 2.97. The lowest BCUT2D eigenvalue weighted by Gasteiger charge is -2.21. The maximum Gasteiger partial charge on any atom is 0.356 e. The van der Waals surface area contributed by atoms with Crippen LogP contribution in [0.15, 0.2) is 18.2 Å². The molecule has 0 aliphatic carbocycles. The molecule has 2 aromatic rings. The van der Waals surface area contributed by atoms with E-state index < -0.39 is 5.97 Å². The van der Waals surface area contributed by atoms with Crippen molar-refractivity contribution in [2.75, 3.05) is 19.0 Å². The zero-order valence-corrected chi connectivity index (χ0v) is 11.9. The highest BCUT2D eigenvalue weighted by atomic mass is 16.4. The summed E-state index contributed by atoms with van der Waals surface area (Å²) in [6.07, 6.45) is 0. The van der Waals surface area contributed by atoms with Crippen LogP contribution in [0.2, 0.25) is 0 Å². The van der Waals surface area contributed by atoms with Crippen molar-refractivity contribution in [1.82, 2.24) is 9.38 Å². The molecule has 0 saturated heterocycles. The molecule has 2 aromatic heterocycles. The molecule has 102 valence electrons. The van der Waals surface area contributed by atoms with Crippen molar-refractivity contribution in [2.45, 2.75) is 26.2 Å². The second-order valence-corrected chi connectivity index (χ2v) is 5.84. The quantitative estimate of drug-likeness (QED) is 0.901. The van der Waals surface area contributed by atoms with Crippen LogP contribution < -0.4 is 4.90 Å². The van der Waals surface area contributed by atoms with Gasteiger partial charge in [0, 0.05) is 19.5 Å². The molecule has 0 aliphatic heterocycles. The van der Waals surface area contributed by atoms with Crippen molar-refractivity contribution in [3.05, 3.63) is 29.7 Å². The number of nitrogens with zero attached hydrogens (tertiary/aromatic N) is 3. The van der Waals surface area contributed by atoms with Gasteiger partial charge in [0.25, 0.3) is 0 Å². The highest BCUT2D eigenvalue weighted by Crippen LogP contribution is 2.28. The molecule has 2 rings (SSSR count). The number of carbonyl (C=O) groups is 1. The molecule has 0 bridgehead atoms. The summed E-state index contributed by atoms with van der Waals surface area (Å²) >= 11 is 0. The van der Waals surface area contributed by atoms with E-state index in [0.717, 1.165) is 11.6 Å². The second-order valence-electron chi connectivity index (χ2n) is 5.84. The summed E-state index contributed by atoms with van der Waals surface area (Å²) in [6, 6.07) is 5.60. The Morgan fingerprint density at radius 2 is 1.95 bits per heavy atom. The number of carboxylic acid groups (broad SMARTS) is 1. The molecule has 0 saturated carbocycles. The number of hydrogen-bond donors (Lipinski definition) is 1. The Balaban J connectivity index is 2.92. The molecule has 2 heterocycles. The van der Waals surface area contributed by atoms with E-state index in [2.05, 4.69) is 4.98 Å². The summed E-state index contributed by atoms with van der Waals surface area (Å²) in [5, 5.41) is 9.30. The van der Waals surface area contributed by atoms with Gasteiger partial charge in [-0.3, -0.25) is 4.40 Å². The fourth-order valence-corrected chi connectivity index (χ4v) is 2.13. The number of pyridine rings is 1. The van der Waals surface area contributed by atoms with E-state index in [0.29, 0.717) is 5.52 Å². The smallest absolute Gasteiger partial charge is 0.356 e. The Morgan fingerprint density at radius 3 is 2.42 bits per heavy atom. The summed E-state index contributed by atoms with van der Waals surface area (Å²) in [7, 11) is 3.86. The van der Waals surface area contributed by atoms with Gasteiger partial charge in [0.2, 0.25) is 0 Å². The van der Waals surface area contributed by atoms with Crippen LogP contribution in [0.25, 0.3) is 5.52 Å². The van der Waals surface area contributed by atoms with E-state index in [1.54, 1.807) is 6.07 Å². The number of aromatic carboxylic acids is 1. The fourth-order valence-electron chi connectivity index (χ4n) is 2.13. The van der Waals surface area contributed by atoms with Gasteiger partial charge in [-0.2, -0.15) is 0 Å². The average molecular weight is 261 g/mol. The minimum atomic E-state index is -0.996. The first kappa shape index (κ1) is 13.4. The SMILES string of the molecule is CN(C)c1cccc2c(C(=O)O)nc(C(C)(C)C)n12. The molecule has 0 spiro atoms. The van der Waals surface area contributed by atoms with Crippen LogP contribution in [0.3, 0.4) is 0 Å². The molecular weight excluding hydrogens is 242 g/mol. The third kappa shape index (κ3) is 2.16. The molecule has 5 nitrogen and oxygen atoms in total. The molecule has 0 aromatic carbocycles.